The first kappa shape index (κ1) is 14.2. The van der Waals surface area contributed by atoms with Gasteiger partial charge in [-0.1, -0.05) is 30.3 Å². The van der Waals surface area contributed by atoms with Gasteiger partial charge in [-0.15, -0.1) is 13.2 Å². The van der Waals surface area contributed by atoms with Crippen LogP contribution in [0.2, 0.25) is 0 Å². The maximum absolute atomic E-state index is 13.4. The van der Waals surface area contributed by atoms with Crippen molar-refractivity contribution in [3.63, 3.8) is 0 Å². The molecule has 0 aliphatic rings. The molecule has 0 aliphatic carbocycles. The smallest absolute Gasteiger partial charge is 0.404 e. The summed E-state index contributed by atoms with van der Waals surface area (Å²) in [6.07, 6.45) is -4.77. The molecule has 0 heterocycles. The van der Waals surface area contributed by atoms with Crippen molar-refractivity contribution in [1.29, 1.82) is 0 Å². The Morgan fingerprint density at radius 3 is 2.30 bits per heavy atom. The molecule has 0 saturated heterocycles. The van der Waals surface area contributed by atoms with Gasteiger partial charge < -0.3 is 10.1 Å². The van der Waals surface area contributed by atoms with E-state index in [4.69, 9.17) is 0 Å². The van der Waals surface area contributed by atoms with Gasteiger partial charge in [0.2, 0.25) is 0 Å². The molecule has 6 heteroatoms. The first-order valence-corrected chi connectivity index (χ1v) is 5.78. The fourth-order valence-corrected chi connectivity index (χ4v) is 1.66. The monoisotopic (exact) mass is 285 g/mol. The number of benzene rings is 2. The number of hydrogen-bond acceptors (Lipinski definition) is 2. The van der Waals surface area contributed by atoms with Crippen molar-refractivity contribution in [3.8, 4) is 5.75 Å². The Kier molecular flexibility index (Phi) is 4.12. The van der Waals surface area contributed by atoms with E-state index < -0.39 is 12.2 Å². The van der Waals surface area contributed by atoms with Crippen molar-refractivity contribution >= 4 is 5.69 Å². The first-order chi connectivity index (χ1) is 9.46. The van der Waals surface area contributed by atoms with E-state index in [2.05, 4.69) is 10.1 Å². The third kappa shape index (κ3) is 3.88. The van der Waals surface area contributed by atoms with Crippen LogP contribution in [0.4, 0.5) is 23.2 Å². The highest BCUT2D eigenvalue weighted by Gasteiger charge is 2.32. The molecule has 20 heavy (non-hydrogen) atoms. The Hall–Kier alpha value is -2.24. The molecule has 1 N–H and O–H groups in total. The molecule has 0 spiro atoms. The molecule has 2 nitrogen and oxygen atoms in total. The van der Waals surface area contributed by atoms with E-state index in [1.54, 1.807) is 24.3 Å². The van der Waals surface area contributed by atoms with Crippen molar-refractivity contribution in [3.05, 3.63) is 59.9 Å². The number of nitrogens with one attached hydrogen (secondary N) is 1. The van der Waals surface area contributed by atoms with Crippen LogP contribution in [-0.2, 0) is 6.54 Å². The van der Waals surface area contributed by atoms with E-state index in [0.29, 0.717) is 5.56 Å². The van der Waals surface area contributed by atoms with Crippen LogP contribution in [0.25, 0.3) is 0 Å². The van der Waals surface area contributed by atoms with Crippen molar-refractivity contribution in [2.24, 2.45) is 0 Å². The fourth-order valence-electron chi connectivity index (χ4n) is 1.66. The molecule has 0 atom stereocenters. The molecule has 2 aromatic carbocycles. The summed E-state index contributed by atoms with van der Waals surface area (Å²) >= 11 is 0. The molecule has 106 valence electrons. The number of rotatable bonds is 4. The van der Waals surface area contributed by atoms with Crippen LogP contribution in [0.3, 0.4) is 0 Å². The highest BCUT2D eigenvalue weighted by molar-refractivity contribution is 5.56. The second-order valence-corrected chi connectivity index (χ2v) is 3.99. The molecule has 0 saturated carbocycles. The Morgan fingerprint density at radius 1 is 0.950 bits per heavy atom. The molecule has 0 aliphatic heterocycles. The minimum atomic E-state index is -4.77. The van der Waals surface area contributed by atoms with E-state index in [1.165, 1.54) is 24.3 Å². The number of anilines is 1. The Balaban J connectivity index is 2.12. The molecule has 0 aromatic heterocycles. The molecule has 0 unspecified atom stereocenters. The SMILES string of the molecule is Fc1ccccc1CNc1ccccc1OC(F)(F)F. The molecule has 0 radical (unpaired) electrons. The van der Waals surface area contributed by atoms with E-state index in [1.807, 2.05) is 0 Å². The number of alkyl halides is 3. The standard InChI is InChI=1S/C14H11F4NO/c15-11-6-2-1-5-10(11)9-19-12-7-3-4-8-13(12)20-14(16,17)18/h1-8,19H,9H2. The molecule has 0 fully saturated rings. The quantitative estimate of drug-likeness (QED) is 0.844. The number of halogens is 4. The summed E-state index contributed by atoms with van der Waals surface area (Å²) in [6.45, 7) is 0.0604. The van der Waals surface area contributed by atoms with Crippen LogP contribution in [0.5, 0.6) is 5.75 Å². The lowest BCUT2D eigenvalue weighted by Crippen LogP contribution is -2.18. The van der Waals surface area contributed by atoms with Gasteiger partial charge in [-0.2, -0.15) is 0 Å². The van der Waals surface area contributed by atoms with Crippen molar-refractivity contribution in [2.75, 3.05) is 5.32 Å². The van der Waals surface area contributed by atoms with Gasteiger partial charge in [0.15, 0.2) is 5.75 Å². The Morgan fingerprint density at radius 2 is 1.60 bits per heavy atom. The van der Waals surface area contributed by atoms with Crippen molar-refractivity contribution in [2.45, 2.75) is 12.9 Å². The minimum absolute atomic E-state index is 0.0604. The minimum Gasteiger partial charge on any atom is -0.404 e. The van der Waals surface area contributed by atoms with Crippen molar-refractivity contribution < 1.29 is 22.3 Å². The number of para-hydroxylation sites is 2. The van der Waals surface area contributed by atoms with Crippen LogP contribution in [-0.4, -0.2) is 6.36 Å². The van der Waals surface area contributed by atoms with Crippen LogP contribution in [0, 0.1) is 5.82 Å². The van der Waals surface area contributed by atoms with Gasteiger partial charge in [0.1, 0.15) is 5.82 Å². The lowest BCUT2D eigenvalue weighted by Gasteiger charge is -2.14. The maximum atomic E-state index is 13.4. The topological polar surface area (TPSA) is 21.3 Å². The molecule has 2 aromatic rings. The van der Waals surface area contributed by atoms with Gasteiger partial charge in [-0.25, -0.2) is 4.39 Å². The second kappa shape index (κ2) is 5.81. The summed E-state index contributed by atoms with van der Waals surface area (Å²) in [4.78, 5) is 0. The maximum Gasteiger partial charge on any atom is 0.573 e. The zero-order valence-electron chi connectivity index (χ0n) is 10.2. The first-order valence-electron chi connectivity index (χ1n) is 5.78. The summed E-state index contributed by atoms with van der Waals surface area (Å²) in [6, 6.07) is 11.6. The van der Waals surface area contributed by atoms with Crippen LogP contribution in [0.15, 0.2) is 48.5 Å². The van der Waals surface area contributed by atoms with Gasteiger partial charge in [-0.05, 0) is 18.2 Å². The fraction of sp³-hybridized carbons (Fsp3) is 0.143. The molecule has 0 bridgehead atoms. The summed E-state index contributed by atoms with van der Waals surface area (Å²) in [5.74, 6) is -0.773. The number of ether oxygens (including phenoxy) is 1. The average Bonchev–Trinajstić information content (AvgIpc) is 2.37. The molecule has 0 amide bonds. The zero-order valence-corrected chi connectivity index (χ0v) is 10.2. The lowest BCUT2D eigenvalue weighted by molar-refractivity contribution is -0.274. The largest absolute Gasteiger partial charge is 0.573 e. The van der Waals surface area contributed by atoms with E-state index in [9.17, 15) is 17.6 Å². The van der Waals surface area contributed by atoms with Crippen LogP contribution in [0.1, 0.15) is 5.56 Å². The van der Waals surface area contributed by atoms with Crippen molar-refractivity contribution in [1.82, 2.24) is 0 Å². The summed E-state index contributed by atoms with van der Waals surface area (Å²) < 4.78 is 54.0. The van der Waals surface area contributed by atoms with Crippen LogP contribution >= 0.6 is 0 Å². The van der Waals surface area contributed by atoms with E-state index >= 15 is 0 Å². The average molecular weight is 285 g/mol. The predicted octanol–water partition coefficient (Wildman–Crippen LogP) is 4.34. The molecular formula is C14H11F4NO. The summed E-state index contributed by atoms with van der Waals surface area (Å²) in [5.41, 5.74) is 0.502. The molecular weight excluding hydrogens is 274 g/mol. The third-order valence-electron chi connectivity index (χ3n) is 2.54. The Labute approximate surface area is 113 Å². The molecule has 2 rings (SSSR count). The summed E-state index contributed by atoms with van der Waals surface area (Å²) in [5, 5.41) is 2.73. The zero-order chi connectivity index (χ0) is 14.6. The highest BCUT2D eigenvalue weighted by atomic mass is 19.4. The van der Waals surface area contributed by atoms with E-state index in [0.717, 1.165) is 0 Å². The summed E-state index contributed by atoms with van der Waals surface area (Å²) in [7, 11) is 0. The van der Waals surface area contributed by atoms with Gasteiger partial charge in [0.25, 0.3) is 0 Å². The third-order valence-corrected chi connectivity index (χ3v) is 2.54. The van der Waals surface area contributed by atoms with Gasteiger partial charge in [0.05, 0.1) is 5.69 Å². The second-order valence-electron chi connectivity index (χ2n) is 3.99. The number of hydrogen-bond donors (Lipinski definition) is 1. The lowest BCUT2D eigenvalue weighted by atomic mass is 10.2. The van der Waals surface area contributed by atoms with Gasteiger partial charge >= 0.3 is 6.36 Å². The van der Waals surface area contributed by atoms with E-state index in [-0.39, 0.29) is 18.0 Å². The van der Waals surface area contributed by atoms with Gasteiger partial charge in [-0.3, -0.25) is 0 Å². The normalized spacial score (nSPS) is 11.2. The Bertz CT molecular complexity index is 583. The van der Waals surface area contributed by atoms with Crippen LogP contribution < -0.4 is 10.1 Å². The van der Waals surface area contributed by atoms with Gasteiger partial charge in [0, 0.05) is 12.1 Å². The predicted molar refractivity (Wildman–Crippen MR) is 66.9 cm³/mol. The highest BCUT2D eigenvalue weighted by Crippen LogP contribution is 2.30.